The number of nitrogens with zero attached hydrogens (tertiary/aromatic N) is 5. The monoisotopic (exact) mass is 529 g/mol. The molecule has 2 aliphatic rings. The smallest absolute Gasteiger partial charge is 0.410 e. The predicted octanol–water partition coefficient (Wildman–Crippen LogP) is 3.52. The zero-order valence-electron chi connectivity index (χ0n) is 22.6. The van der Waals surface area contributed by atoms with Gasteiger partial charge in [0.05, 0.1) is 4.90 Å². The van der Waals surface area contributed by atoms with Gasteiger partial charge in [-0.25, -0.2) is 18.2 Å². The molecule has 202 valence electrons. The average molecular weight is 530 g/mol. The summed E-state index contributed by atoms with van der Waals surface area (Å²) in [6, 6.07) is 11.6. The molecule has 0 unspecified atom stereocenters. The van der Waals surface area contributed by atoms with E-state index in [2.05, 4.69) is 28.6 Å². The fourth-order valence-electron chi connectivity index (χ4n) is 4.62. The van der Waals surface area contributed by atoms with Crippen molar-refractivity contribution in [3.63, 3.8) is 0 Å². The summed E-state index contributed by atoms with van der Waals surface area (Å²) in [6.45, 7) is 15.0. The summed E-state index contributed by atoms with van der Waals surface area (Å²) in [4.78, 5) is 23.5. The van der Waals surface area contributed by atoms with E-state index in [1.165, 1.54) is 4.31 Å². The normalized spacial score (nSPS) is 18.3. The van der Waals surface area contributed by atoms with E-state index in [1.54, 1.807) is 17.0 Å². The molecule has 37 heavy (non-hydrogen) atoms. The van der Waals surface area contributed by atoms with Crippen molar-refractivity contribution < 1.29 is 17.9 Å². The molecule has 4 rings (SSSR count). The van der Waals surface area contributed by atoms with Crippen LogP contribution in [0.25, 0.3) is 11.1 Å². The van der Waals surface area contributed by atoms with Crippen molar-refractivity contribution in [1.82, 2.24) is 19.1 Å². The van der Waals surface area contributed by atoms with Crippen LogP contribution in [0, 0.1) is 0 Å². The molecule has 0 radical (unpaired) electrons. The molecule has 0 atom stereocenters. The number of aromatic nitrogens is 1. The van der Waals surface area contributed by atoms with Crippen LogP contribution >= 0.6 is 0 Å². The van der Waals surface area contributed by atoms with Gasteiger partial charge in [-0.3, -0.25) is 4.90 Å². The molecule has 0 saturated carbocycles. The second-order valence-electron chi connectivity index (χ2n) is 10.9. The van der Waals surface area contributed by atoms with Crippen molar-refractivity contribution in [2.24, 2.45) is 0 Å². The molecule has 0 aliphatic carbocycles. The predicted molar refractivity (Wildman–Crippen MR) is 145 cm³/mol. The first-order valence-electron chi connectivity index (χ1n) is 13.0. The van der Waals surface area contributed by atoms with E-state index in [1.807, 2.05) is 51.2 Å². The van der Waals surface area contributed by atoms with Crippen molar-refractivity contribution in [2.75, 3.05) is 57.3 Å². The average Bonchev–Trinajstić information content (AvgIpc) is 2.88. The quantitative estimate of drug-likeness (QED) is 0.586. The van der Waals surface area contributed by atoms with Crippen molar-refractivity contribution in [2.45, 2.75) is 51.2 Å². The highest BCUT2D eigenvalue weighted by Crippen LogP contribution is 2.25. The number of amides is 1. The van der Waals surface area contributed by atoms with Crippen LogP contribution in [0.2, 0.25) is 0 Å². The maximum absolute atomic E-state index is 13.2. The molecule has 0 spiro atoms. The molecule has 2 fully saturated rings. The van der Waals surface area contributed by atoms with Gasteiger partial charge < -0.3 is 14.5 Å². The Morgan fingerprint density at radius 3 is 1.97 bits per heavy atom. The maximum atomic E-state index is 13.2. The minimum absolute atomic E-state index is 0.236. The molecule has 0 bridgehead atoms. The number of benzene rings is 1. The lowest BCUT2D eigenvalue weighted by Crippen LogP contribution is -2.51. The van der Waals surface area contributed by atoms with Gasteiger partial charge in [-0.2, -0.15) is 4.31 Å². The largest absolute Gasteiger partial charge is 0.444 e. The van der Waals surface area contributed by atoms with Crippen LogP contribution < -0.4 is 4.90 Å². The highest BCUT2D eigenvalue weighted by molar-refractivity contribution is 7.89. The van der Waals surface area contributed by atoms with Gasteiger partial charge in [0.25, 0.3) is 0 Å². The Hall–Kier alpha value is -2.69. The van der Waals surface area contributed by atoms with Crippen molar-refractivity contribution in [1.29, 1.82) is 0 Å². The number of carbonyl (C=O) groups is 1. The molecular weight excluding hydrogens is 490 g/mol. The van der Waals surface area contributed by atoms with Crippen molar-refractivity contribution in [3.05, 3.63) is 42.6 Å². The molecule has 1 amide bonds. The number of rotatable bonds is 5. The van der Waals surface area contributed by atoms with Crippen LogP contribution in [0.4, 0.5) is 10.6 Å². The van der Waals surface area contributed by atoms with Gasteiger partial charge in [0.1, 0.15) is 11.4 Å². The number of hydrogen-bond acceptors (Lipinski definition) is 7. The lowest BCUT2D eigenvalue weighted by Gasteiger charge is -2.37. The van der Waals surface area contributed by atoms with E-state index in [-0.39, 0.29) is 18.0 Å². The lowest BCUT2D eigenvalue weighted by atomic mass is 10.1. The Morgan fingerprint density at radius 2 is 1.46 bits per heavy atom. The fraction of sp³-hybridized carbons (Fsp3) is 0.556. The van der Waals surface area contributed by atoms with Crippen LogP contribution in [-0.2, 0) is 14.8 Å². The van der Waals surface area contributed by atoms with Gasteiger partial charge in [0.15, 0.2) is 0 Å². The zero-order valence-corrected chi connectivity index (χ0v) is 23.4. The van der Waals surface area contributed by atoms with Crippen molar-refractivity contribution in [3.8, 4) is 11.1 Å². The summed E-state index contributed by atoms with van der Waals surface area (Å²) in [6.07, 6.45) is 1.44. The molecule has 3 heterocycles. The summed E-state index contributed by atoms with van der Waals surface area (Å²) in [5, 5.41) is 0. The lowest BCUT2D eigenvalue weighted by molar-refractivity contribution is 0.0192. The van der Waals surface area contributed by atoms with Crippen LogP contribution in [0.15, 0.2) is 47.5 Å². The van der Waals surface area contributed by atoms with Gasteiger partial charge in [-0.1, -0.05) is 12.1 Å². The molecular formula is C27H39N5O4S. The molecule has 0 N–H and O–H groups in total. The van der Waals surface area contributed by atoms with Gasteiger partial charge in [0.2, 0.25) is 10.0 Å². The summed E-state index contributed by atoms with van der Waals surface area (Å²) in [5.74, 6) is 0.969. The maximum Gasteiger partial charge on any atom is 0.410 e. The first-order valence-corrected chi connectivity index (χ1v) is 14.4. The minimum Gasteiger partial charge on any atom is -0.444 e. The third-order valence-corrected chi connectivity index (χ3v) is 8.75. The van der Waals surface area contributed by atoms with Crippen LogP contribution in [0.3, 0.4) is 0 Å². The van der Waals surface area contributed by atoms with Crippen molar-refractivity contribution >= 4 is 21.9 Å². The van der Waals surface area contributed by atoms with Crippen LogP contribution in [0.1, 0.15) is 34.6 Å². The molecule has 2 aromatic rings. The second kappa shape index (κ2) is 11.0. The molecule has 1 aromatic carbocycles. The highest BCUT2D eigenvalue weighted by Gasteiger charge is 2.32. The Kier molecular flexibility index (Phi) is 8.11. The Morgan fingerprint density at radius 1 is 0.865 bits per heavy atom. The number of hydrogen-bond donors (Lipinski definition) is 0. The van der Waals surface area contributed by atoms with E-state index in [4.69, 9.17) is 4.74 Å². The summed E-state index contributed by atoms with van der Waals surface area (Å²) < 4.78 is 33.2. The van der Waals surface area contributed by atoms with E-state index in [9.17, 15) is 13.2 Å². The molecule has 2 aliphatic heterocycles. The van der Waals surface area contributed by atoms with E-state index >= 15 is 0 Å². The van der Waals surface area contributed by atoms with Crippen LogP contribution in [0.5, 0.6) is 0 Å². The summed E-state index contributed by atoms with van der Waals surface area (Å²) >= 11 is 0. The number of anilines is 1. The van der Waals surface area contributed by atoms with E-state index in [0.29, 0.717) is 19.1 Å². The second-order valence-corrected chi connectivity index (χ2v) is 12.9. The summed E-state index contributed by atoms with van der Waals surface area (Å²) in [5.41, 5.74) is 1.28. The first kappa shape index (κ1) is 27.3. The number of piperazine rings is 2. The first-order chi connectivity index (χ1) is 17.4. The van der Waals surface area contributed by atoms with Gasteiger partial charge in [-0.15, -0.1) is 0 Å². The Bertz CT molecular complexity index is 1160. The fourth-order valence-corrected chi connectivity index (χ4v) is 6.04. The van der Waals surface area contributed by atoms with Crippen LogP contribution in [-0.4, -0.2) is 97.6 Å². The Labute approximate surface area is 221 Å². The highest BCUT2D eigenvalue weighted by atomic mass is 32.2. The standard InChI is InChI=1S/C27H39N5O4S/c1-21(2)29-12-14-30(15-13-29)25-11-8-23(20-28-25)22-6-9-24(10-7-22)37(34,35)32-18-16-31(17-19-32)26(33)36-27(3,4)5/h6-11,20-21H,12-19H2,1-5H3. The topological polar surface area (TPSA) is 86.3 Å². The third kappa shape index (κ3) is 6.61. The SMILES string of the molecule is CC(C)N1CCN(c2ccc(-c3ccc(S(=O)(=O)N4CCN(C(=O)OC(C)(C)C)CC4)cc3)cn2)CC1. The van der Waals surface area contributed by atoms with Gasteiger partial charge in [-0.05, 0) is 64.4 Å². The minimum atomic E-state index is -3.65. The number of sulfonamides is 1. The molecule has 9 nitrogen and oxygen atoms in total. The number of ether oxygens (including phenoxy) is 1. The zero-order chi connectivity index (χ0) is 26.8. The van der Waals surface area contributed by atoms with E-state index in [0.717, 1.165) is 43.1 Å². The van der Waals surface area contributed by atoms with E-state index < -0.39 is 21.7 Å². The van der Waals surface area contributed by atoms with Gasteiger partial charge >= 0.3 is 6.09 Å². The third-order valence-electron chi connectivity index (χ3n) is 6.83. The number of carbonyl (C=O) groups excluding carboxylic acids is 1. The Balaban J connectivity index is 1.36. The van der Waals surface area contributed by atoms with Gasteiger partial charge in [0, 0.05) is 70.2 Å². The molecule has 1 aromatic heterocycles. The molecule has 2 saturated heterocycles. The number of pyridine rings is 1. The summed E-state index contributed by atoms with van der Waals surface area (Å²) in [7, 11) is -3.65. The molecule has 10 heteroatoms.